The van der Waals surface area contributed by atoms with E-state index in [0.29, 0.717) is 16.5 Å². The summed E-state index contributed by atoms with van der Waals surface area (Å²) in [5, 5.41) is 7.00. The Bertz CT molecular complexity index is 1170. The fourth-order valence-corrected chi connectivity index (χ4v) is 4.24. The molecule has 3 N–H and O–H groups in total. The number of carbonyl (C=O) groups excluding carboxylic acids is 1. The van der Waals surface area contributed by atoms with Crippen molar-refractivity contribution in [1.29, 1.82) is 0 Å². The van der Waals surface area contributed by atoms with Gasteiger partial charge < -0.3 is 25.3 Å². The highest BCUT2D eigenvalue weighted by molar-refractivity contribution is 7.80. The summed E-state index contributed by atoms with van der Waals surface area (Å²) in [6.07, 6.45) is 1.79. The highest BCUT2D eigenvalue weighted by Gasteiger charge is 2.41. The van der Waals surface area contributed by atoms with Gasteiger partial charge in [0.15, 0.2) is 5.11 Å². The number of thiocarbonyl (C=S) groups is 1. The number of pyridine rings is 1. The summed E-state index contributed by atoms with van der Waals surface area (Å²) in [6.45, 7) is 7.65. The van der Waals surface area contributed by atoms with Crippen LogP contribution in [0, 0.1) is 12.3 Å². The topological polar surface area (TPSA) is 82.3 Å². The summed E-state index contributed by atoms with van der Waals surface area (Å²) >= 11 is 5.78. The van der Waals surface area contributed by atoms with Crippen LogP contribution in [0.1, 0.15) is 49.9 Å². The normalized spacial score (nSPS) is 18.2. The number of rotatable bonds is 5. The molecule has 1 amide bonds. The molecule has 0 aliphatic carbocycles. The van der Waals surface area contributed by atoms with Crippen molar-refractivity contribution in [2.45, 2.75) is 39.8 Å². The van der Waals surface area contributed by atoms with Gasteiger partial charge in [-0.2, -0.15) is 0 Å². The Morgan fingerprint density at radius 3 is 2.58 bits per heavy atom. The number of aromatic amines is 1. The van der Waals surface area contributed by atoms with Crippen LogP contribution in [-0.4, -0.2) is 28.1 Å². The van der Waals surface area contributed by atoms with Gasteiger partial charge in [-0.1, -0.05) is 26.8 Å². The number of benzene rings is 1. The molecule has 0 saturated carbocycles. The summed E-state index contributed by atoms with van der Waals surface area (Å²) in [6, 6.07) is 15.4. The predicted molar refractivity (Wildman–Crippen MR) is 135 cm³/mol. The number of carbonyl (C=O) groups is 1. The number of methoxy groups -OCH3 is 1. The molecule has 3 aromatic rings. The number of hydrogen-bond acceptors (Lipinski definition) is 4. The second-order valence-electron chi connectivity index (χ2n) is 9.18. The molecule has 33 heavy (non-hydrogen) atoms. The molecule has 1 fully saturated rings. The molecule has 1 aliphatic heterocycles. The van der Waals surface area contributed by atoms with Crippen LogP contribution in [0.2, 0.25) is 0 Å². The van der Waals surface area contributed by atoms with Crippen LogP contribution >= 0.6 is 12.2 Å². The molecule has 1 saturated heterocycles. The van der Waals surface area contributed by atoms with Gasteiger partial charge in [0.25, 0.3) is 0 Å². The average molecular weight is 464 g/mol. The molecule has 2 atom stereocenters. The van der Waals surface area contributed by atoms with E-state index in [9.17, 15) is 4.79 Å². The first-order valence-electron chi connectivity index (χ1n) is 10.8. The smallest absolute Gasteiger partial charge is 0.229 e. The van der Waals surface area contributed by atoms with Gasteiger partial charge in [-0.3, -0.25) is 9.78 Å². The van der Waals surface area contributed by atoms with Gasteiger partial charge in [0.1, 0.15) is 11.8 Å². The van der Waals surface area contributed by atoms with Gasteiger partial charge in [-0.05, 0) is 55.5 Å². The number of anilines is 2. The van der Waals surface area contributed by atoms with E-state index >= 15 is 0 Å². The average Bonchev–Trinajstić information content (AvgIpc) is 3.36. The molecule has 0 unspecified atom stereocenters. The Morgan fingerprint density at radius 1 is 1.18 bits per heavy atom. The van der Waals surface area contributed by atoms with E-state index in [-0.39, 0.29) is 18.0 Å². The second kappa shape index (κ2) is 8.86. The molecule has 172 valence electrons. The minimum atomic E-state index is -0.517. The lowest BCUT2D eigenvalue weighted by Crippen LogP contribution is -2.30. The van der Waals surface area contributed by atoms with Crippen molar-refractivity contribution in [1.82, 2.24) is 15.3 Å². The maximum atomic E-state index is 12.5. The Morgan fingerprint density at radius 2 is 1.97 bits per heavy atom. The molecule has 8 heteroatoms. The van der Waals surface area contributed by atoms with Gasteiger partial charge in [-0.15, -0.1) is 0 Å². The predicted octanol–water partition coefficient (Wildman–Crippen LogP) is 4.89. The molecule has 2 aromatic heterocycles. The summed E-state index contributed by atoms with van der Waals surface area (Å²) in [7, 11) is 1.59. The van der Waals surface area contributed by atoms with E-state index in [1.54, 1.807) is 13.3 Å². The van der Waals surface area contributed by atoms with Gasteiger partial charge in [0, 0.05) is 34.8 Å². The molecule has 1 aliphatic rings. The molecule has 0 radical (unpaired) electrons. The first-order chi connectivity index (χ1) is 15.7. The number of aryl methyl sites for hydroxylation is 1. The number of nitrogens with zero attached hydrogens (tertiary/aromatic N) is 2. The van der Waals surface area contributed by atoms with E-state index in [0.717, 1.165) is 22.8 Å². The van der Waals surface area contributed by atoms with E-state index in [1.807, 2.05) is 64.1 Å². The summed E-state index contributed by atoms with van der Waals surface area (Å²) < 4.78 is 5.63. The van der Waals surface area contributed by atoms with Gasteiger partial charge >= 0.3 is 0 Å². The van der Waals surface area contributed by atoms with Crippen molar-refractivity contribution >= 4 is 34.6 Å². The van der Waals surface area contributed by atoms with Crippen LogP contribution in [0.3, 0.4) is 0 Å². The third kappa shape index (κ3) is 4.57. The third-order valence-electron chi connectivity index (χ3n) is 5.66. The lowest BCUT2D eigenvalue weighted by atomic mass is 9.95. The third-order valence-corrected chi connectivity index (χ3v) is 5.98. The number of ether oxygens (including phenoxy) is 1. The van der Waals surface area contributed by atoms with Crippen LogP contribution in [-0.2, 0) is 4.79 Å². The first-order valence-corrected chi connectivity index (χ1v) is 11.3. The second-order valence-corrected chi connectivity index (χ2v) is 9.57. The van der Waals surface area contributed by atoms with Crippen molar-refractivity contribution in [2.24, 2.45) is 5.41 Å². The van der Waals surface area contributed by atoms with Crippen molar-refractivity contribution in [3.63, 3.8) is 0 Å². The van der Waals surface area contributed by atoms with Crippen LogP contribution in [0.4, 0.5) is 11.4 Å². The molecule has 7 nitrogen and oxygen atoms in total. The molecule has 0 bridgehead atoms. The summed E-state index contributed by atoms with van der Waals surface area (Å²) in [5.41, 5.74) is 3.96. The number of H-pyrrole nitrogens is 1. The van der Waals surface area contributed by atoms with E-state index < -0.39 is 5.41 Å². The Kier molecular flexibility index (Phi) is 6.12. The molecule has 4 rings (SSSR count). The van der Waals surface area contributed by atoms with Gasteiger partial charge in [0.2, 0.25) is 5.91 Å². The van der Waals surface area contributed by atoms with Gasteiger partial charge in [0.05, 0.1) is 24.5 Å². The van der Waals surface area contributed by atoms with E-state index in [2.05, 4.69) is 37.6 Å². The van der Waals surface area contributed by atoms with E-state index in [4.69, 9.17) is 17.0 Å². The van der Waals surface area contributed by atoms with Crippen LogP contribution < -0.4 is 20.3 Å². The maximum Gasteiger partial charge on any atom is 0.229 e. The monoisotopic (exact) mass is 463 g/mol. The SMILES string of the molecule is COc1cc(N2C(=S)N[C@@H](c3ccccn3)[C@H]2c2ccc(C)[nH]2)ccc1NC(=O)C(C)(C)C. The molecular weight excluding hydrogens is 434 g/mol. The number of amides is 1. The van der Waals surface area contributed by atoms with E-state index in [1.165, 1.54) is 0 Å². The minimum absolute atomic E-state index is 0.0816. The highest BCUT2D eigenvalue weighted by atomic mass is 32.1. The van der Waals surface area contributed by atoms with Gasteiger partial charge in [-0.25, -0.2) is 0 Å². The highest BCUT2D eigenvalue weighted by Crippen LogP contribution is 2.43. The lowest BCUT2D eigenvalue weighted by molar-refractivity contribution is -0.123. The van der Waals surface area contributed by atoms with Crippen LogP contribution in [0.5, 0.6) is 5.75 Å². The standard InChI is InChI=1S/C25H29N5O2S/c1-15-9-11-19(27-15)22-21(18-8-6-7-13-26-18)29-24(33)30(22)16-10-12-17(20(14-16)32-5)28-23(31)25(2,3)4/h6-14,21-22,27H,1-5H3,(H,28,31)(H,29,33)/t21-,22+/m0/s1. The maximum absolute atomic E-state index is 12.5. The fourth-order valence-electron chi connectivity index (χ4n) is 3.89. The largest absolute Gasteiger partial charge is 0.494 e. The number of nitrogens with one attached hydrogen (secondary N) is 3. The Labute approximate surface area is 199 Å². The molecular formula is C25H29N5O2S. The van der Waals surface area contributed by atoms with Crippen molar-refractivity contribution in [3.8, 4) is 5.75 Å². The zero-order valence-corrected chi connectivity index (χ0v) is 20.3. The summed E-state index contributed by atoms with van der Waals surface area (Å²) in [5.74, 6) is 0.484. The first kappa shape index (κ1) is 22.8. The number of aromatic nitrogens is 2. The Balaban J connectivity index is 1.74. The number of hydrogen-bond donors (Lipinski definition) is 3. The Hall–Kier alpha value is -3.39. The van der Waals surface area contributed by atoms with Crippen molar-refractivity contribution in [2.75, 3.05) is 17.3 Å². The van der Waals surface area contributed by atoms with Crippen LogP contribution in [0.15, 0.2) is 54.7 Å². The zero-order valence-electron chi connectivity index (χ0n) is 19.5. The van der Waals surface area contributed by atoms with Crippen molar-refractivity contribution < 1.29 is 9.53 Å². The summed E-state index contributed by atoms with van der Waals surface area (Å²) in [4.78, 5) is 22.6. The molecule has 3 heterocycles. The molecule has 1 aromatic carbocycles. The zero-order chi connectivity index (χ0) is 23.8. The lowest BCUT2D eigenvalue weighted by Gasteiger charge is -2.28. The minimum Gasteiger partial charge on any atom is -0.494 e. The quantitative estimate of drug-likeness (QED) is 0.468. The van der Waals surface area contributed by atoms with Crippen molar-refractivity contribution in [3.05, 3.63) is 71.8 Å². The van der Waals surface area contributed by atoms with Crippen LogP contribution in [0.25, 0.3) is 0 Å². The molecule has 0 spiro atoms. The fraction of sp³-hybridized carbons (Fsp3) is 0.320.